The zero-order valence-electron chi connectivity index (χ0n) is 15.8. The van der Waals surface area contributed by atoms with Crippen molar-refractivity contribution in [1.82, 2.24) is 9.47 Å². The molecule has 0 unspecified atom stereocenters. The number of benzene rings is 2. The van der Waals surface area contributed by atoms with Gasteiger partial charge in [-0.05, 0) is 42.5 Å². The molecule has 0 bridgehead atoms. The quantitative estimate of drug-likeness (QED) is 0.542. The number of nitro benzene ring substituents is 1. The van der Waals surface area contributed by atoms with E-state index in [4.69, 9.17) is 0 Å². The summed E-state index contributed by atoms with van der Waals surface area (Å²) in [6.07, 6.45) is 3.91. The van der Waals surface area contributed by atoms with Crippen molar-refractivity contribution in [3.05, 3.63) is 83.2 Å². The predicted molar refractivity (Wildman–Crippen MR) is 112 cm³/mol. The summed E-state index contributed by atoms with van der Waals surface area (Å²) in [7, 11) is 0. The first-order chi connectivity index (χ1) is 14.1. The van der Waals surface area contributed by atoms with E-state index in [1.807, 2.05) is 53.4 Å². The van der Waals surface area contributed by atoms with Gasteiger partial charge in [-0.2, -0.15) is 0 Å². The van der Waals surface area contributed by atoms with E-state index >= 15 is 0 Å². The molecule has 0 spiro atoms. The molecule has 1 aliphatic rings. The topological polar surface area (TPSA) is 83.7 Å². The third-order valence-corrected chi connectivity index (χ3v) is 4.99. The summed E-state index contributed by atoms with van der Waals surface area (Å²) >= 11 is 0. The van der Waals surface area contributed by atoms with E-state index in [0.717, 1.165) is 17.1 Å². The summed E-state index contributed by atoms with van der Waals surface area (Å²) in [5, 5.41) is 13.8. The van der Waals surface area contributed by atoms with Crippen molar-refractivity contribution >= 4 is 23.1 Å². The van der Waals surface area contributed by atoms with Crippen molar-refractivity contribution in [3.63, 3.8) is 0 Å². The minimum atomic E-state index is -0.405. The van der Waals surface area contributed by atoms with E-state index in [1.165, 1.54) is 12.1 Å². The van der Waals surface area contributed by atoms with Gasteiger partial charge in [-0.15, -0.1) is 0 Å². The van der Waals surface area contributed by atoms with Gasteiger partial charge < -0.3 is 19.7 Å². The number of nitro groups is 1. The molecule has 0 aliphatic carbocycles. The van der Waals surface area contributed by atoms with Crippen molar-refractivity contribution in [3.8, 4) is 5.69 Å². The Morgan fingerprint density at radius 2 is 1.59 bits per heavy atom. The van der Waals surface area contributed by atoms with Gasteiger partial charge in [0.15, 0.2) is 0 Å². The summed E-state index contributed by atoms with van der Waals surface area (Å²) in [5.41, 5.74) is 2.73. The number of carbonyl (C=O) groups excluding carboxylic acids is 1. The number of aromatic nitrogens is 1. The fourth-order valence-electron chi connectivity index (χ4n) is 3.41. The van der Waals surface area contributed by atoms with Crippen LogP contribution in [0.4, 0.5) is 21.9 Å². The van der Waals surface area contributed by atoms with Crippen LogP contribution in [0.25, 0.3) is 5.69 Å². The molecule has 4 rings (SSSR count). The van der Waals surface area contributed by atoms with Gasteiger partial charge in [0.05, 0.1) is 4.92 Å². The fraction of sp³-hybridized carbons (Fsp3) is 0.190. The molecule has 1 aliphatic heterocycles. The van der Waals surface area contributed by atoms with Crippen molar-refractivity contribution in [1.29, 1.82) is 0 Å². The Hall–Kier alpha value is -3.81. The highest BCUT2D eigenvalue weighted by molar-refractivity contribution is 5.89. The molecular weight excluding hydrogens is 370 g/mol. The first-order valence-electron chi connectivity index (χ1n) is 9.39. The second-order valence-electron chi connectivity index (χ2n) is 6.82. The SMILES string of the molecule is O=C(Nc1cccc(-n2cccc2)c1)N1CCN(c2ccc([N+](=O)[O-])cc2)CC1. The third kappa shape index (κ3) is 4.21. The lowest BCUT2D eigenvalue weighted by Crippen LogP contribution is -2.50. The smallest absolute Gasteiger partial charge is 0.321 e. The summed E-state index contributed by atoms with van der Waals surface area (Å²) in [6, 6.07) is 18.0. The molecule has 1 fully saturated rings. The first kappa shape index (κ1) is 18.5. The highest BCUT2D eigenvalue weighted by Gasteiger charge is 2.22. The Labute approximate surface area is 168 Å². The lowest BCUT2D eigenvalue weighted by atomic mass is 10.2. The number of hydrogen-bond donors (Lipinski definition) is 1. The lowest BCUT2D eigenvalue weighted by molar-refractivity contribution is -0.384. The second-order valence-corrected chi connectivity index (χ2v) is 6.82. The van der Waals surface area contributed by atoms with Crippen LogP contribution in [-0.4, -0.2) is 46.6 Å². The van der Waals surface area contributed by atoms with Crippen LogP contribution in [0, 0.1) is 10.1 Å². The van der Waals surface area contributed by atoms with Gasteiger partial charge in [0.2, 0.25) is 0 Å². The number of rotatable bonds is 4. The Bertz CT molecular complexity index is 993. The van der Waals surface area contributed by atoms with Gasteiger partial charge >= 0.3 is 6.03 Å². The molecule has 1 N–H and O–H groups in total. The number of anilines is 2. The third-order valence-electron chi connectivity index (χ3n) is 4.99. The van der Waals surface area contributed by atoms with Crippen LogP contribution in [0.5, 0.6) is 0 Å². The number of carbonyl (C=O) groups is 1. The standard InChI is InChI=1S/C21H21N5O3/c27-21(22-17-4-3-5-20(16-17)23-10-1-2-11-23)25-14-12-24(13-15-25)18-6-8-19(9-7-18)26(28)29/h1-11,16H,12-15H2,(H,22,27). The van der Waals surface area contributed by atoms with Gasteiger partial charge in [-0.1, -0.05) is 6.07 Å². The largest absolute Gasteiger partial charge is 0.368 e. The van der Waals surface area contributed by atoms with Crippen LogP contribution < -0.4 is 10.2 Å². The summed E-state index contributed by atoms with van der Waals surface area (Å²) in [4.78, 5) is 26.9. The monoisotopic (exact) mass is 391 g/mol. The Morgan fingerprint density at radius 3 is 2.24 bits per heavy atom. The number of hydrogen-bond acceptors (Lipinski definition) is 4. The van der Waals surface area contributed by atoms with Gasteiger partial charge in [0.25, 0.3) is 5.69 Å². The average molecular weight is 391 g/mol. The van der Waals surface area contributed by atoms with Gasteiger partial charge in [0, 0.05) is 67.8 Å². The van der Waals surface area contributed by atoms with Crippen LogP contribution >= 0.6 is 0 Å². The Balaban J connectivity index is 1.34. The molecule has 0 radical (unpaired) electrons. The molecule has 3 aromatic rings. The molecular formula is C21H21N5O3. The number of urea groups is 1. The molecule has 1 saturated heterocycles. The van der Waals surface area contributed by atoms with Crippen molar-refractivity contribution < 1.29 is 9.72 Å². The Kier molecular flexibility index (Phi) is 5.15. The van der Waals surface area contributed by atoms with E-state index < -0.39 is 4.92 Å². The number of nitrogens with zero attached hydrogens (tertiary/aromatic N) is 4. The lowest BCUT2D eigenvalue weighted by Gasteiger charge is -2.36. The average Bonchev–Trinajstić information content (AvgIpc) is 3.29. The maximum Gasteiger partial charge on any atom is 0.321 e. The van der Waals surface area contributed by atoms with Crippen LogP contribution in [0.3, 0.4) is 0 Å². The molecule has 2 heterocycles. The molecule has 8 heteroatoms. The van der Waals surface area contributed by atoms with E-state index in [2.05, 4.69) is 10.2 Å². The molecule has 2 amide bonds. The second kappa shape index (κ2) is 8.05. The van der Waals surface area contributed by atoms with Crippen LogP contribution in [0.15, 0.2) is 73.1 Å². The van der Waals surface area contributed by atoms with Gasteiger partial charge in [-0.3, -0.25) is 10.1 Å². The zero-order valence-corrected chi connectivity index (χ0v) is 15.8. The Morgan fingerprint density at radius 1 is 0.897 bits per heavy atom. The number of amides is 2. The molecule has 148 valence electrons. The maximum atomic E-state index is 12.6. The summed E-state index contributed by atoms with van der Waals surface area (Å²) in [5.74, 6) is 0. The van der Waals surface area contributed by atoms with Crippen LogP contribution in [-0.2, 0) is 0 Å². The van der Waals surface area contributed by atoms with E-state index in [9.17, 15) is 14.9 Å². The summed E-state index contributed by atoms with van der Waals surface area (Å²) < 4.78 is 1.98. The van der Waals surface area contributed by atoms with E-state index in [-0.39, 0.29) is 11.7 Å². The number of non-ortho nitro benzene ring substituents is 1. The zero-order chi connectivity index (χ0) is 20.2. The van der Waals surface area contributed by atoms with E-state index in [0.29, 0.717) is 26.2 Å². The molecule has 2 aromatic carbocycles. The van der Waals surface area contributed by atoms with Crippen LogP contribution in [0.2, 0.25) is 0 Å². The van der Waals surface area contributed by atoms with Crippen LogP contribution in [0.1, 0.15) is 0 Å². The highest BCUT2D eigenvalue weighted by Crippen LogP contribution is 2.21. The molecule has 1 aromatic heterocycles. The maximum absolute atomic E-state index is 12.6. The number of piperazine rings is 1. The summed E-state index contributed by atoms with van der Waals surface area (Å²) in [6.45, 7) is 2.52. The molecule has 0 atom stereocenters. The predicted octanol–water partition coefficient (Wildman–Crippen LogP) is 3.74. The van der Waals surface area contributed by atoms with Crippen molar-refractivity contribution in [2.24, 2.45) is 0 Å². The minimum Gasteiger partial charge on any atom is -0.368 e. The fourth-order valence-corrected chi connectivity index (χ4v) is 3.41. The van der Waals surface area contributed by atoms with Gasteiger partial charge in [-0.25, -0.2) is 4.79 Å². The number of nitrogens with one attached hydrogen (secondary N) is 1. The van der Waals surface area contributed by atoms with E-state index in [1.54, 1.807) is 17.0 Å². The molecule has 8 nitrogen and oxygen atoms in total. The van der Waals surface area contributed by atoms with Crippen molar-refractivity contribution in [2.45, 2.75) is 0 Å². The van der Waals surface area contributed by atoms with Gasteiger partial charge in [0.1, 0.15) is 0 Å². The molecule has 29 heavy (non-hydrogen) atoms. The normalized spacial score (nSPS) is 13.9. The first-order valence-corrected chi connectivity index (χ1v) is 9.39. The molecule has 0 saturated carbocycles. The highest BCUT2D eigenvalue weighted by atomic mass is 16.6. The minimum absolute atomic E-state index is 0.0777. The van der Waals surface area contributed by atoms with Crippen molar-refractivity contribution in [2.75, 3.05) is 36.4 Å².